The SMILES string of the molecule is CC(C)C1NCC(=O)N1C1CC1(C)C. The molecule has 2 fully saturated rings. The highest BCUT2D eigenvalue weighted by molar-refractivity contribution is 5.81. The van der Waals surface area contributed by atoms with Gasteiger partial charge in [0.15, 0.2) is 0 Å². The molecule has 0 aromatic carbocycles. The number of hydrogen-bond acceptors (Lipinski definition) is 2. The molecule has 1 amide bonds. The zero-order valence-electron chi connectivity index (χ0n) is 9.50. The van der Waals surface area contributed by atoms with Crippen molar-refractivity contribution in [2.45, 2.75) is 46.3 Å². The molecule has 3 heteroatoms. The van der Waals surface area contributed by atoms with E-state index in [0.29, 0.717) is 23.9 Å². The van der Waals surface area contributed by atoms with E-state index in [1.54, 1.807) is 0 Å². The molecule has 2 atom stereocenters. The maximum absolute atomic E-state index is 11.7. The van der Waals surface area contributed by atoms with Crippen molar-refractivity contribution in [3.63, 3.8) is 0 Å². The Kier molecular flexibility index (Phi) is 2.11. The van der Waals surface area contributed by atoms with Crippen molar-refractivity contribution in [2.75, 3.05) is 6.54 Å². The Labute approximate surface area is 85.8 Å². The molecule has 3 nitrogen and oxygen atoms in total. The van der Waals surface area contributed by atoms with Gasteiger partial charge in [-0.15, -0.1) is 0 Å². The zero-order chi connectivity index (χ0) is 10.5. The zero-order valence-corrected chi connectivity index (χ0v) is 9.50. The summed E-state index contributed by atoms with van der Waals surface area (Å²) in [5.74, 6) is 0.775. The molecule has 0 radical (unpaired) electrons. The smallest absolute Gasteiger partial charge is 0.238 e. The topological polar surface area (TPSA) is 32.3 Å². The average Bonchev–Trinajstić information content (AvgIpc) is 2.53. The lowest BCUT2D eigenvalue weighted by Crippen LogP contribution is -2.43. The number of carbonyl (C=O) groups is 1. The van der Waals surface area contributed by atoms with Gasteiger partial charge in [0.25, 0.3) is 0 Å². The van der Waals surface area contributed by atoms with Crippen molar-refractivity contribution in [2.24, 2.45) is 11.3 Å². The maximum Gasteiger partial charge on any atom is 0.238 e. The van der Waals surface area contributed by atoms with Crippen LogP contribution in [0.25, 0.3) is 0 Å². The number of hydrogen-bond donors (Lipinski definition) is 1. The van der Waals surface area contributed by atoms with E-state index in [1.807, 2.05) is 0 Å². The first kappa shape index (κ1) is 9.97. The van der Waals surface area contributed by atoms with Gasteiger partial charge in [-0.2, -0.15) is 0 Å². The minimum atomic E-state index is 0.259. The molecule has 0 spiro atoms. The van der Waals surface area contributed by atoms with Crippen LogP contribution in [0, 0.1) is 11.3 Å². The van der Waals surface area contributed by atoms with Crippen LogP contribution < -0.4 is 5.32 Å². The van der Waals surface area contributed by atoms with E-state index in [2.05, 4.69) is 37.9 Å². The molecule has 1 saturated carbocycles. The van der Waals surface area contributed by atoms with Crippen molar-refractivity contribution in [1.82, 2.24) is 10.2 Å². The van der Waals surface area contributed by atoms with E-state index in [-0.39, 0.29) is 12.1 Å². The van der Waals surface area contributed by atoms with Crippen LogP contribution in [0.2, 0.25) is 0 Å². The first-order chi connectivity index (χ1) is 6.43. The molecule has 1 aliphatic carbocycles. The lowest BCUT2D eigenvalue weighted by atomic mass is 10.1. The summed E-state index contributed by atoms with van der Waals surface area (Å²) in [5, 5.41) is 3.29. The normalized spacial score (nSPS) is 35.5. The maximum atomic E-state index is 11.7. The highest BCUT2D eigenvalue weighted by Crippen LogP contribution is 2.50. The van der Waals surface area contributed by atoms with E-state index in [1.165, 1.54) is 0 Å². The third kappa shape index (κ3) is 1.44. The summed E-state index contributed by atoms with van der Waals surface area (Å²) in [4.78, 5) is 13.8. The Bertz CT molecular complexity index is 260. The number of rotatable bonds is 2. The fourth-order valence-corrected chi connectivity index (χ4v) is 2.38. The average molecular weight is 196 g/mol. The van der Waals surface area contributed by atoms with Gasteiger partial charge in [0.05, 0.1) is 12.7 Å². The summed E-state index contributed by atoms with van der Waals surface area (Å²) in [5.41, 5.74) is 0.342. The van der Waals surface area contributed by atoms with Gasteiger partial charge in [0.1, 0.15) is 0 Å². The summed E-state index contributed by atoms with van der Waals surface area (Å²) in [7, 11) is 0. The van der Waals surface area contributed by atoms with Crippen molar-refractivity contribution < 1.29 is 4.79 Å². The van der Waals surface area contributed by atoms with Crippen LogP contribution >= 0.6 is 0 Å². The van der Waals surface area contributed by atoms with Gasteiger partial charge in [0, 0.05) is 6.04 Å². The summed E-state index contributed by atoms with van der Waals surface area (Å²) in [6.45, 7) is 9.33. The van der Waals surface area contributed by atoms with Gasteiger partial charge >= 0.3 is 0 Å². The van der Waals surface area contributed by atoms with E-state index in [0.717, 1.165) is 6.42 Å². The predicted molar refractivity (Wildman–Crippen MR) is 55.7 cm³/mol. The molecule has 0 aromatic rings. The van der Waals surface area contributed by atoms with Crippen LogP contribution in [0.15, 0.2) is 0 Å². The molecule has 2 unspecified atom stereocenters. The molecular formula is C11H20N2O. The Morgan fingerprint density at radius 1 is 1.50 bits per heavy atom. The van der Waals surface area contributed by atoms with Crippen LogP contribution in [-0.4, -0.2) is 29.6 Å². The molecule has 80 valence electrons. The first-order valence-corrected chi connectivity index (χ1v) is 5.48. The van der Waals surface area contributed by atoms with Gasteiger partial charge in [-0.3, -0.25) is 10.1 Å². The molecule has 0 bridgehead atoms. The van der Waals surface area contributed by atoms with E-state index >= 15 is 0 Å². The number of nitrogens with one attached hydrogen (secondary N) is 1. The molecule has 1 aliphatic heterocycles. The quantitative estimate of drug-likeness (QED) is 0.719. The summed E-state index contributed by atoms with van der Waals surface area (Å²) in [6.07, 6.45) is 1.41. The summed E-state index contributed by atoms with van der Waals surface area (Å²) >= 11 is 0. The Hall–Kier alpha value is -0.570. The van der Waals surface area contributed by atoms with Gasteiger partial charge < -0.3 is 4.90 Å². The molecule has 2 aliphatic rings. The third-order valence-electron chi connectivity index (χ3n) is 3.48. The molecule has 1 saturated heterocycles. The van der Waals surface area contributed by atoms with Crippen LogP contribution in [0.3, 0.4) is 0 Å². The summed E-state index contributed by atoms with van der Waals surface area (Å²) < 4.78 is 0. The molecule has 1 N–H and O–H groups in total. The van der Waals surface area contributed by atoms with Crippen molar-refractivity contribution in [1.29, 1.82) is 0 Å². The monoisotopic (exact) mass is 196 g/mol. The first-order valence-electron chi connectivity index (χ1n) is 5.48. The largest absolute Gasteiger partial charge is 0.322 e. The summed E-state index contributed by atoms with van der Waals surface area (Å²) in [6, 6.07) is 0.470. The van der Waals surface area contributed by atoms with Crippen LogP contribution in [0.1, 0.15) is 34.1 Å². The molecule has 1 heterocycles. The number of carbonyl (C=O) groups excluding carboxylic acids is 1. The molecule has 2 rings (SSSR count). The predicted octanol–water partition coefficient (Wildman–Crippen LogP) is 1.20. The van der Waals surface area contributed by atoms with Gasteiger partial charge in [-0.05, 0) is 17.8 Å². The Balaban J connectivity index is 2.11. The van der Waals surface area contributed by atoms with Crippen molar-refractivity contribution in [3.8, 4) is 0 Å². The standard InChI is InChI=1S/C11H20N2O/c1-7(2)10-12-6-9(14)13(10)8-5-11(8,3)4/h7-8,10,12H,5-6H2,1-4H3. The van der Waals surface area contributed by atoms with Gasteiger partial charge in [-0.1, -0.05) is 27.7 Å². The van der Waals surface area contributed by atoms with Crippen molar-refractivity contribution >= 4 is 5.91 Å². The van der Waals surface area contributed by atoms with Crippen LogP contribution in [0.5, 0.6) is 0 Å². The van der Waals surface area contributed by atoms with E-state index < -0.39 is 0 Å². The van der Waals surface area contributed by atoms with Gasteiger partial charge in [0.2, 0.25) is 5.91 Å². The highest BCUT2D eigenvalue weighted by Gasteiger charge is 2.54. The number of nitrogens with zero attached hydrogens (tertiary/aromatic N) is 1. The molecule has 14 heavy (non-hydrogen) atoms. The third-order valence-corrected chi connectivity index (χ3v) is 3.48. The van der Waals surface area contributed by atoms with Crippen LogP contribution in [0.4, 0.5) is 0 Å². The second kappa shape index (κ2) is 2.96. The highest BCUT2D eigenvalue weighted by atomic mass is 16.2. The fourth-order valence-electron chi connectivity index (χ4n) is 2.38. The second-order valence-corrected chi connectivity index (χ2v) is 5.58. The lowest BCUT2D eigenvalue weighted by molar-refractivity contribution is -0.129. The fraction of sp³-hybridized carbons (Fsp3) is 0.909. The Morgan fingerprint density at radius 2 is 2.07 bits per heavy atom. The van der Waals surface area contributed by atoms with Gasteiger partial charge in [-0.25, -0.2) is 0 Å². The van der Waals surface area contributed by atoms with Crippen LogP contribution in [-0.2, 0) is 4.79 Å². The second-order valence-electron chi connectivity index (χ2n) is 5.58. The van der Waals surface area contributed by atoms with E-state index in [9.17, 15) is 4.79 Å². The van der Waals surface area contributed by atoms with E-state index in [4.69, 9.17) is 0 Å². The Morgan fingerprint density at radius 3 is 2.50 bits per heavy atom. The molecular weight excluding hydrogens is 176 g/mol. The number of amides is 1. The lowest BCUT2D eigenvalue weighted by Gasteiger charge is -2.28. The minimum absolute atomic E-state index is 0.259. The van der Waals surface area contributed by atoms with Crippen molar-refractivity contribution in [3.05, 3.63) is 0 Å². The minimum Gasteiger partial charge on any atom is -0.322 e. The molecule has 0 aromatic heterocycles.